The SMILES string of the molecule is CN1C(c2cccc3ccccc23)=NC(c2ccc3c(oc4cc5ccccc5cc43)c2-n2c3cc4ccccc4cc3c3cc4ccccc4cc32)=NC1c1cccc2c1c1ccccc1n2-c1ccccc1. The number of hydrogen-bond acceptors (Lipinski definition) is 4. The molecule has 0 fully saturated rings. The Morgan fingerprint density at radius 1 is 0.392 bits per heavy atom. The molecule has 0 radical (unpaired) electrons. The highest BCUT2D eigenvalue weighted by Gasteiger charge is 2.33. The van der Waals surface area contributed by atoms with Gasteiger partial charge in [0.05, 0.1) is 22.1 Å². The Kier molecular flexibility index (Phi) is 8.63. The van der Waals surface area contributed by atoms with E-state index in [2.05, 4.69) is 258 Å². The third kappa shape index (κ3) is 5.94. The molecule has 346 valence electrons. The molecule has 1 aliphatic rings. The molecule has 12 aromatic carbocycles. The summed E-state index contributed by atoms with van der Waals surface area (Å²) >= 11 is 0. The number of furan rings is 1. The van der Waals surface area contributed by atoms with Crippen molar-refractivity contribution in [3.63, 3.8) is 0 Å². The first-order valence-electron chi connectivity index (χ1n) is 25.3. The average molecular weight is 946 g/mol. The van der Waals surface area contributed by atoms with Crippen molar-refractivity contribution in [3.05, 3.63) is 253 Å². The van der Waals surface area contributed by atoms with E-state index in [1.807, 2.05) is 0 Å². The van der Waals surface area contributed by atoms with Gasteiger partial charge in [-0.15, -0.1) is 0 Å². The minimum absolute atomic E-state index is 0.481. The second-order valence-electron chi connectivity index (χ2n) is 19.7. The second-order valence-corrected chi connectivity index (χ2v) is 19.7. The van der Waals surface area contributed by atoms with E-state index in [1.54, 1.807) is 0 Å². The number of benzene rings is 12. The van der Waals surface area contributed by atoms with Crippen LogP contribution in [0.5, 0.6) is 0 Å². The quantitative estimate of drug-likeness (QED) is 0.173. The van der Waals surface area contributed by atoms with Crippen LogP contribution in [-0.4, -0.2) is 32.8 Å². The molecular weight excluding hydrogens is 903 g/mol. The van der Waals surface area contributed by atoms with E-state index in [4.69, 9.17) is 14.4 Å². The smallest absolute Gasteiger partial charge is 0.161 e. The molecule has 3 aromatic heterocycles. The number of rotatable bonds is 5. The molecule has 0 bridgehead atoms. The Morgan fingerprint density at radius 2 is 0.946 bits per heavy atom. The normalized spacial score (nSPS) is 14.3. The number of fused-ring (bicyclic) bond motifs is 13. The molecule has 15 aromatic rings. The lowest BCUT2D eigenvalue weighted by molar-refractivity contribution is 0.385. The van der Waals surface area contributed by atoms with Crippen LogP contribution in [0, 0.1) is 0 Å². The van der Waals surface area contributed by atoms with Crippen LogP contribution in [0.1, 0.15) is 22.9 Å². The summed E-state index contributed by atoms with van der Waals surface area (Å²) in [5, 5.41) is 16.0. The van der Waals surface area contributed by atoms with Gasteiger partial charge in [0.15, 0.2) is 17.6 Å². The lowest BCUT2D eigenvalue weighted by Crippen LogP contribution is -2.36. The van der Waals surface area contributed by atoms with Gasteiger partial charge < -0.3 is 18.5 Å². The van der Waals surface area contributed by atoms with Crippen molar-refractivity contribution in [1.82, 2.24) is 14.0 Å². The van der Waals surface area contributed by atoms with Gasteiger partial charge in [-0.3, -0.25) is 0 Å². The molecule has 74 heavy (non-hydrogen) atoms. The molecule has 1 atom stereocenters. The topological polar surface area (TPSA) is 51.0 Å². The standard InChI is InChI=1S/C68H43N5O/c1-71-67(51-29-15-24-41-17-11-12-27-49(41)51)69-66(70-68(71)53-30-16-32-59-63(53)52-28-13-14-31-58(52)72(59)48-25-3-2-4-26-48)54-34-33-50-57-37-44-20-7-10-23-47(44)40-62(57)74-65(50)64(54)73-60-38-45-21-8-5-18-42(45)35-55(60)56-36-43-19-6-9-22-46(43)39-61(56)73/h2-40,68H,1H3. The van der Waals surface area contributed by atoms with Crippen LogP contribution in [0.25, 0.3) is 120 Å². The van der Waals surface area contributed by atoms with Crippen molar-refractivity contribution in [2.45, 2.75) is 6.17 Å². The molecule has 0 N–H and O–H groups in total. The highest BCUT2D eigenvalue weighted by molar-refractivity contribution is 6.24. The molecule has 0 saturated heterocycles. The summed E-state index contributed by atoms with van der Waals surface area (Å²) in [6.45, 7) is 0. The Morgan fingerprint density at radius 3 is 1.65 bits per heavy atom. The molecule has 1 unspecified atom stereocenters. The summed E-state index contributed by atoms with van der Waals surface area (Å²) in [4.78, 5) is 14.0. The molecule has 6 nitrogen and oxygen atoms in total. The average Bonchev–Trinajstić information content (AvgIpc) is 4.10. The predicted octanol–water partition coefficient (Wildman–Crippen LogP) is 17.2. The zero-order valence-corrected chi connectivity index (χ0v) is 40.2. The number of nitrogens with zero attached hydrogens (tertiary/aromatic N) is 5. The van der Waals surface area contributed by atoms with Gasteiger partial charge >= 0.3 is 0 Å². The summed E-state index contributed by atoms with van der Waals surface area (Å²) < 4.78 is 12.2. The molecule has 0 spiro atoms. The fraction of sp³-hybridized carbons (Fsp3) is 0.0294. The molecule has 4 heterocycles. The number of amidine groups is 2. The van der Waals surface area contributed by atoms with Crippen LogP contribution >= 0.6 is 0 Å². The predicted molar refractivity (Wildman–Crippen MR) is 309 cm³/mol. The van der Waals surface area contributed by atoms with Crippen molar-refractivity contribution in [2.24, 2.45) is 9.98 Å². The summed E-state index contributed by atoms with van der Waals surface area (Å²) in [5.41, 5.74) is 11.0. The van der Waals surface area contributed by atoms with E-state index in [-0.39, 0.29) is 0 Å². The van der Waals surface area contributed by atoms with E-state index in [0.29, 0.717) is 5.84 Å². The van der Waals surface area contributed by atoms with Gasteiger partial charge in [0.2, 0.25) is 0 Å². The molecule has 0 aliphatic carbocycles. The molecule has 0 saturated carbocycles. The third-order valence-corrected chi connectivity index (χ3v) is 15.7. The monoisotopic (exact) mass is 945 g/mol. The molecule has 1 aliphatic heterocycles. The van der Waals surface area contributed by atoms with E-state index in [0.717, 1.165) is 116 Å². The van der Waals surface area contributed by atoms with E-state index >= 15 is 0 Å². The Labute approximate surface area is 424 Å². The van der Waals surface area contributed by atoms with E-state index in [1.165, 1.54) is 26.9 Å². The maximum Gasteiger partial charge on any atom is 0.161 e. The van der Waals surface area contributed by atoms with Gasteiger partial charge in [-0.05, 0) is 116 Å². The van der Waals surface area contributed by atoms with Crippen LogP contribution in [0.15, 0.2) is 251 Å². The first-order chi connectivity index (χ1) is 36.6. The maximum atomic E-state index is 7.33. The van der Waals surface area contributed by atoms with Crippen molar-refractivity contribution >= 4 is 120 Å². The van der Waals surface area contributed by atoms with E-state index < -0.39 is 6.17 Å². The first kappa shape index (κ1) is 40.9. The highest BCUT2D eigenvalue weighted by Crippen LogP contribution is 2.45. The van der Waals surface area contributed by atoms with Gasteiger partial charge in [-0.25, -0.2) is 9.98 Å². The van der Waals surface area contributed by atoms with Crippen LogP contribution in [0.4, 0.5) is 0 Å². The summed E-state index contributed by atoms with van der Waals surface area (Å²) in [6, 6.07) is 85.5. The van der Waals surface area contributed by atoms with Crippen molar-refractivity contribution in [3.8, 4) is 11.4 Å². The fourth-order valence-electron chi connectivity index (χ4n) is 12.3. The maximum absolute atomic E-state index is 7.33. The Balaban J connectivity index is 1.05. The van der Waals surface area contributed by atoms with Crippen LogP contribution < -0.4 is 0 Å². The van der Waals surface area contributed by atoms with Crippen LogP contribution in [0.3, 0.4) is 0 Å². The van der Waals surface area contributed by atoms with Gasteiger partial charge in [-0.2, -0.15) is 0 Å². The van der Waals surface area contributed by atoms with Crippen LogP contribution in [-0.2, 0) is 0 Å². The van der Waals surface area contributed by atoms with Crippen molar-refractivity contribution in [1.29, 1.82) is 0 Å². The summed E-state index contributed by atoms with van der Waals surface area (Å²) in [6.07, 6.45) is -0.481. The number of aromatic nitrogens is 2. The minimum Gasteiger partial charge on any atom is -0.454 e. The Bertz CT molecular complexity index is 4840. The second kappa shape index (κ2) is 15.6. The lowest BCUT2D eigenvalue weighted by Gasteiger charge is -2.33. The minimum atomic E-state index is -0.481. The number of hydrogen-bond donors (Lipinski definition) is 0. The lowest BCUT2D eigenvalue weighted by atomic mass is 9.99. The van der Waals surface area contributed by atoms with Gasteiger partial charge in [-0.1, -0.05) is 164 Å². The summed E-state index contributed by atoms with van der Waals surface area (Å²) in [7, 11) is 2.15. The Hall–Kier alpha value is -9.78. The van der Waals surface area contributed by atoms with Gasteiger partial charge in [0, 0.05) is 61.7 Å². The number of para-hydroxylation sites is 2. The number of aliphatic imine (C=N–C) groups is 2. The zero-order valence-electron chi connectivity index (χ0n) is 40.2. The largest absolute Gasteiger partial charge is 0.454 e. The first-order valence-corrected chi connectivity index (χ1v) is 25.3. The fourth-order valence-corrected chi connectivity index (χ4v) is 12.3. The highest BCUT2D eigenvalue weighted by atomic mass is 16.3. The van der Waals surface area contributed by atoms with E-state index in [9.17, 15) is 0 Å². The molecule has 0 amide bonds. The van der Waals surface area contributed by atoms with Crippen molar-refractivity contribution < 1.29 is 4.42 Å². The molecular formula is C68H43N5O. The van der Waals surface area contributed by atoms with Gasteiger partial charge in [0.25, 0.3) is 0 Å². The van der Waals surface area contributed by atoms with Gasteiger partial charge in [0.1, 0.15) is 17.1 Å². The third-order valence-electron chi connectivity index (χ3n) is 15.7. The van der Waals surface area contributed by atoms with Crippen molar-refractivity contribution in [2.75, 3.05) is 7.05 Å². The van der Waals surface area contributed by atoms with Crippen LogP contribution in [0.2, 0.25) is 0 Å². The summed E-state index contributed by atoms with van der Waals surface area (Å²) in [5.74, 6) is 1.46. The molecule has 6 heteroatoms. The molecule has 16 rings (SSSR count). The zero-order chi connectivity index (χ0) is 48.6.